The van der Waals surface area contributed by atoms with Crippen molar-refractivity contribution in [2.75, 3.05) is 0 Å². The predicted molar refractivity (Wildman–Crippen MR) is 63.6 cm³/mol. The molecule has 0 radical (unpaired) electrons. The summed E-state index contributed by atoms with van der Waals surface area (Å²) in [5, 5.41) is 0.143. The Hall–Kier alpha value is -0.760. The van der Waals surface area contributed by atoms with Crippen LogP contribution in [0.3, 0.4) is 0 Å². The first-order chi connectivity index (χ1) is 7.56. The highest BCUT2D eigenvalue weighted by atomic mass is 35.5. The number of fused-ring (bicyclic) bond motifs is 1. The molecule has 1 nitrogen and oxygen atoms in total. The van der Waals surface area contributed by atoms with Crippen molar-refractivity contribution in [2.45, 2.75) is 38.2 Å². The molecule has 0 N–H and O–H groups in total. The Morgan fingerprint density at radius 3 is 2.94 bits per heavy atom. The second-order valence-electron chi connectivity index (χ2n) is 4.59. The van der Waals surface area contributed by atoms with Gasteiger partial charge in [0.2, 0.25) is 0 Å². The fraction of sp³-hybridized carbons (Fsp3) is 0.538. The second kappa shape index (κ2) is 4.62. The quantitative estimate of drug-likeness (QED) is 0.733. The Kier molecular flexibility index (Phi) is 3.38. The maximum absolute atomic E-state index is 13.0. The van der Waals surface area contributed by atoms with Crippen LogP contribution in [0.5, 0.6) is 5.75 Å². The van der Waals surface area contributed by atoms with Gasteiger partial charge in [-0.1, -0.05) is 6.92 Å². The number of ether oxygens (including phenoxy) is 1. The highest BCUT2D eigenvalue weighted by molar-refractivity contribution is 6.20. The number of benzene rings is 1. The van der Waals surface area contributed by atoms with Gasteiger partial charge in [0, 0.05) is 17.4 Å². The molecule has 0 saturated carbocycles. The molecule has 2 rings (SSSR count). The minimum absolute atomic E-state index is 0.143. The Bertz CT molecular complexity index is 378. The summed E-state index contributed by atoms with van der Waals surface area (Å²) in [5.41, 5.74) is 0.972. The maximum atomic E-state index is 13.0. The third-order valence-corrected chi connectivity index (χ3v) is 3.61. The van der Waals surface area contributed by atoms with Gasteiger partial charge in [-0.15, -0.1) is 11.6 Å². The van der Waals surface area contributed by atoms with E-state index in [1.807, 2.05) is 6.92 Å². The molecule has 0 aromatic heterocycles. The molecule has 0 bridgehead atoms. The van der Waals surface area contributed by atoms with Crippen molar-refractivity contribution in [1.82, 2.24) is 0 Å². The second-order valence-corrected chi connectivity index (χ2v) is 5.27. The van der Waals surface area contributed by atoms with E-state index in [-0.39, 0.29) is 17.3 Å². The summed E-state index contributed by atoms with van der Waals surface area (Å²) in [5.74, 6) is 1.04. The Balaban J connectivity index is 2.00. The summed E-state index contributed by atoms with van der Waals surface area (Å²) in [6, 6.07) is 4.71. The van der Waals surface area contributed by atoms with E-state index in [9.17, 15) is 4.39 Å². The highest BCUT2D eigenvalue weighted by Crippen LogP contribution is 2.32. The lowest BCUT2D eigenvalue weighted by atomic mass is 9.98. The van der Waals surface area contributed by atoms with E-state index < -0.39 is 0 Å². The normalized spacial score (nSPS) is 22.4. The van der Waals surface area contributed by atoms with E-state index in [1.165, 1.54) is 6.07 Å². The SMILES string of the molecule is CC(Cl)C(C)CC1Cc2cc(F)ccc2O1. The third-order valence-electron chi connectivity index (χ3n) is 3.18. The van der Waals surface area contributed by atoms with Crippen LogP contribution in [0.1, 0.15) is 25.8 Å². The first-order valence-electron chi connectivity index (χ1n) is 5.65. The number of alkyl halides is 1. The minimum Gasteiger partial charge on any atom is -0.490 e. The smallest absolute Gasteiger partial charge is 0.123 e. The summed E-state index contributed by atoms with van der Waals surface area (Å²) in [6.07, 6.45) is 1.86. The minimum atomic E-state index is -0.193. The van der Waals surface area contributed by atoms with Gasteiger partial charge in [-0.25, -0.2) is 4.39 Å². The zero-order valence-electron chi connectivity index (χ0n) is 9.54. The topological polar surface area (TPSA) is 9.23 Å². The predicted octanol–water partition coefficient (Wildman–Crippen LogP) is 3.78. The first-order valence-corrected chi connectivity index (χ1v) is 6.09. The number of hydrogen-bond donors (Lipinski definition) is 0. The monoisotopic (exact) mass is 242 g/mol. The molecule has 0 aliphatic carbocycles. The van der Waals surface area contributed by atoms with Gasteiger partial charge >= 0.3 is 0 Å². The van der Waals surface area contributed by atoms with Gasteiger partial charge in [-0.05, 0) is 37.5 Å². The van der Waals surface area contributed by atoms with Crippen LogP contribution >= 0.6 is 11.6 Å². The van der Waals surface area contributed by atoms with E-state index in [2.05, 4.69) is 6.92 Å². The molecular formula is C13H16ClFO. The van der Waals surface area contributed by atoms with Crippen molar-refractivity contribution in [3.63, 3.8) is 0 Å². The number of hydrogen-bond acceptors (Lipinski definition) is 1. The lowest BCUT2D eigenvalue weighted by Gasteiger charge is -2.18. The standard InChI is InChI=1S/C13H16ClFO/c1-8(9(2)14)5-12-7-10-6-11(15)3-4-13(10)16-12/h3-4,6,8-9,12H,5,7H2,1-2H3. The van der Waals surface area contributed by atoms with E-state index >= 15 is 0 Å². The Labute approximate surface area is 101 Å². The maximum Gasteiger partial charge on any atom is 0.123 e. The van der Waals surface area contributed by atoms with Gasteiger partial charge in [0.25, 0.3) is 0 Å². The number of halogens is 2. The van der Waals surface area contributed by atoms with Gasteiger partial charge in [0.1, 0.15) is 17.7 Å². The van der Waals surface area contributed by atoms with Gasteiger partial charge in [-0.3, -0.25) is 0 Å². The van der Waals surface area contributed by atoms with E-state index in [4.69, 9.17) is 16.3 Å². The van der Waals surface area contributed by atoms with Crippen LogP contribution in [0.4, 0.5) is 4.39 Å². The zero-order chi connectivity index (χ0) is 11.7. The van der Waals surface area contributed by atoms with Crippen LogP contribution < -0.4 is 4.74 Å². The van der Waals surface area contributed by atoms with Crippen molar-refractivity contribution in [3.05, 3.63) is 29.6 Å². The molecule has 16 heavy (non-hydrogen) atoms. The summed E-state index contributed by atoms with van der Waals surface area (Å²) in [7, 11) is 0. The summed E-state index contributed by atoms with van der Waals surface area (Å²) in [4.78, 5) is 0. The lowest BCUT2D eigenvalue weighted by Crippen LogP contribution is -2.20. The molecule has 0 saturated heterocycles. The van der Waals surface area contributed by atoms with Crippen molar-refractivity contribution < 1.29 is 9.13 Å². The highest BCUT2D eigenvalue weighted by Gasteiger charge is 2.26. The van der Waals surface area contributed by atoms with Crippen molar-refractivity contribution >= 4 is 11.6 Å². The molecular weight excluding hydrogens is 227 g/mol. The molecule has 1 heterocycles. The molecule has 1 aliphatic heterocycles. The fourth-order valence-electron chi connectivity index (χ4n) is 2.02. The van der Waals surface area contributed by atoms with Crippen LogP contribution in [0.25, 0.3) is 0 Å². The molecule has 3 atom stereocenters. The molecule has 1 aromatic carbocycles. The van der Waals surface area contributed by atoms with Gasteiger partial charge < -0.3 is 4.74 Å². The van der Waals surface area contributed by atoms with Gasteiger partial charge in [-0.2, -0.15) is 0 Å². The zero-order valence-corrected chi connectivity index (χ0v) is 10.3. The Morgan fingerprint density at radius 2 is 2.25 bits per heavy atom. The average molecular weight is 243 g/mol. The molecule has 1 aliphatic rings. The van der Waals surface area contributed by atoms with Gasteiger partial charge in [0.15, 0.2) is 0 Å². The largest absolute Gasteiger partial charge is 0.490 e. The molecule has 0 fully saturated rings. The summed E-state index contributed by atoms with van der Waals surface area (Å²) < 4.78 is 18.8. The first kappa shape index (κ1) is 11.7. The number of rotatable bonds is 3. The van der Waals surface area contributed by atoms with Crippen LogP contribution in [0.15, 0.2) is 18.2 Å². The van der Waals surface area contributed by atoms with Crippen molar-refractivity contribution in [3.8, 4) is 5.75 Å². The average Bonchev–Trinajstić information content (AvgIpc) is 2.58. The molecule has 88 valence electrons. The fourth-order valence-corrected chi connectivity index (χ4v) is 2.13. The Morgan fingerprint density at radius 1 is 1.50 bits per heavy atom. The van der Waals surface area contributed by atoms with E-state index in [1.54, 1.807) is 12.1 Å². The summed E-state index contributed by atoms with van der Waals surface area (Å²) in [6.45, 7) is 4.11. The molecule has 3 heteroatoms. The van der Waals surface area contributed by atoms with E-state index in [0.717, 1.165) is 24.2 Å². The molecule has 0 spiro atoms. The third kappa shape index (κ3) is 2.49. The van der Waals surface area contributed by atoms with Crippen LogP contribution in [0.2, 0.25) is 0 Å². The lowest BCUT2D eigenvalue weighted by molar-refractivity contribution is 0.197. The molecule has 0 amide bonds. The van der Waals surface area contributed by atoms with E-state index in [0.29, 0.717) is 5.92 Å². The van der Waals surface area contributed by atoms with Crippen molar-refractivity contribution in [1.29, 1.82) is 0 Å². The van der Waals surface area contributed by atoms with Crippen LogP contribution in [-0.2, 0) is 6.42 Å². The molecule has 1 aromatic rings. The van der Waals surface area contributed by atoms with Crippen LogP contribution in [-0.4, -0.2) is 11.5 Å². The summed E-state index contributed by atoms with van der Waals surface area (Å²) >= 11 is 6.03. The van der Waals surface area contributed by atoms with Gasteiger partial charge in [0.05, 0.1) is 0 Å². The van der Waals surface area contributed by atoms with Crippen molar-refractivity contribution in [2.24, 2.45) is 5.92 Å². The van der Waals surface area contributed by atoms with Crippen LogP contribution in [0, 0.1) is 11.7 Å². The molecule has 3 unspecified atom stereocenters.